The van der Waals surface area contributed by atoms with Crippen molar-refractivity contribution in [3.05, 3.63) is 62.0 Å². The van der Waals surface area contributed by atoms with E-state index in [-0.39, 0.29) is 5.78 Å². The van der Waals surface area contributed by atoms with Crippen molar-refractivity contribution in [2.75, 3.05) is 4.90 Å². The van der Waals surface area contributed by atoms with Gasteiger partial charge < -0.3 is 5.73 Å². The number of ketones is 1. The summed E-state index contributed by atoms with van der Waals surface area (Å²) in [6, 6.07) is 10.3. The van der Waals surface area contributed by atoms with Crippen LogP contribution in [0.25, 0.3) is 0 Å². The molecule has 0 spiro atoms. The summed E-state index contributed by atoms with van der Waals surface area (Å²) < 4.78 is 0.517. The number of nitrogens with two attached hydrogens (primary N) is 1. The molecule has 0 amide bonds. The molecule has 1 aromatic heterocycles. The van der Waals surface area contributed by atoms with Crippen LogP contribution in [0.1, 0.15) is 43.2 Å². The minimum Gasteiger partial charge on any atom is -0.384 e. The second kappa shape index (κ2) is 7.34. The van der Waals surface area contributed by atoms with Gasteiger partial charge in [0.1, 0.15) is 5.82 Å². The summed E-state index contributed by atoms with van der Waals surface area (Å²) >= 11 is 6.44. The molecule has 1 aliphatic heterocycles. The Morgan fingerprint density at radius 1 is 1.39 bits per heavy atom. The Morgan fingerprint density at radius 3 is 2.75 bits per heavy atom. The lowest BCUT2D eigenvalue weighted by molar-refractivity contribution is -0.116. The zero-order chi connectivity index (χ0) is 19.8. The van der Waals surface area contributed by atoms with Gasteiger partial charge in [-0.1, -0.05) is 42.5 Å². The molecule has 3 N–H and O–H groups in total. The first-order chi connectivity index (χ1) is 13.5. The van der Waals surface area contributed by atoms with Gasteiger partial charge in [0.15, 0.2) is 9.74 Å². The molecule has 1 atom stereocenters. The van der Waals surface area contributed by atoms with Crippen LogP contribution in [0, 0.1) is 15.3 Å². The van der Waals surface area contributed by atoms with Crippen molar-refractivity contribution in [1.29, 1.82) is 5.26 Å². The molecule has 28 heavy (non-hydrogen) atoms. The molecule has 4 rings (SSSR count). The number of aromatic amines is 1. The summed E-state index contributed by atoms with van der Waals surface area (Å²) in [6.45, 7) is 2.09. The van der Waals surface area contributed by atoms with E-state index in [1.54, 1.807) is 4.90 Å². The normalized spacial score (nSPS) is 19.6. The van der Waals surface area contributed by atoms with E-state index in [2.05, 4.69) is 23.2 Å². The van der Waals surface area contributed by atoms with Crippen LogP contribution < -0.4 is 10.6 Å². The second-order valence-electron chi connectivity index (χ2n) is 6.81. The molecule has 0 bridgehead atoms. The summed E-state index contributed by atoms with van der Waals surface area (Å²) in [6.07, 6.45) is 2.86. The smallest absolute Gasteiger partial charge is 0.216 e. The van der Waals surface area contributed by atoms with Crippen LogP contribution in [0.15, 0.2) is 46.9 Å². The fourth-order valence-electron chi connectivity index (χ4n) is 3.90. The number of anilines is 1. The lowest BCUT2D eigenvalue weighted by Gasteiger charge is -2.38. The average molecular weight is 410 g/mol. The number of aryl methyl sites for hydroxylation is 1. The maximum absolute atomic E-state index is 13.0. The number of aromatic nitrogens is 2. The summed E-state index contributed by atoms with van der Waals surface area (Å²) in [5, 5.41) is 17.5. The van der Waals surface area contributed by atoms with Crippen molar-refractivity contribution in [3.63, 3.8) is 0 Å². The number of hydrogen-bond donors (Lipinski definition) is 2. The van der Waals surface area contributed by atoms with E-state index in [0.29, 0.717) is 38.9 Å². The molecule has 2 aromatic rings. The minimum absolute atomic E-state index is 0.0650. The largest absolute Gasteiger partial charge is 0.384 e. The van der Waals surface area contributed by atoms with Crippen molar-refractivity contribution in [3.8, 4) is 6.07 Å². The van der Waals surface area contributed by atoms with E-state index in [0.717, 1.165) is 24.1 Å². The van der Waals surface area contributed by atoms with E-state index in [1.807, 2.05) is 24.3 Å². The van der Waals surface area contributed by atoms with Crippen LogP contribution >= 0.6 is 23.6 Å². The van der Waals surface area contributed by atoms with Crippen molar-refractivity contribution in [2.24, 2.45) is 5.73 Å². The van der Waals surface area contributed by atoms with Gasteiger partial charge in [0, 0.05) is 17.7 Å². The molecular formula is C20H19N5OS2. The maximum Gasteiger partial charge on any atom is 0.216 e. The number of carbonyl (C=O) groups excluding carboxylic acids is 1. The van der Waals surface area contributed by atoms with E-state index in [1.165, 1.54) is 16.9 Å². The van der Waals surface area contributed by atoms with Crippen LogP contribution in [0.3, 0.4) is 0 Å². The molecule has 0 radical (unpaired) electrons. The lowest BCUT2D eigenvalue weighted by atomic mass is 9.75. The molecule has 0 fully saturated rings. The number of hydrogen-bond acceptors (Lipinski definition) is 7. The first-order valence-electron chi connectivity index (χ1n) is 9.15. The third-order valence-electron chi connectivity index (χ3n) is 5.25. The molecule has 2 heterocycles. The van der Waals surface area contributed by atoms with Crippen LogP contribution in [0.2, 0.25) is 0 Å². The topological polar surface area (TPSA) is 98.8 Å². The number of rotatable bonds is 3. The second-order valence-corrected chi connectivity index (χ2v) is 8.45. The number of nitriles is 1. The zero-order valence-electron chi connectivity index (χ0n) is 15.4. The highest BCUT2D eigenvalue weighted by atomic mass is 32.1. The van der Waals surface area contributed by atoms with E-state index < -0.39 is 5.92 Å². The molecule has 0 saturated heterocycles. The molecule has 0 saturated carbocycles. The number of H-pyrrole nitrogens is 1. The van der Waals surface area contributed by atoms with Crippen LogP contribution in [0.4, 0.5) is 5.13 Å². The highest BCUT2D eigenvalue weighted by Gasteiger charge is 2.41. The molecule has 1 aromatic carbocycles. The zero-order valence-corrected chi connectivity index (χ0v) is 17.0. The Hall–Kier alpha value is -2.76. The van der Waals surface area contributed by atoms with Crippen LogP contribution in [-0.2, 0) is 11.2 Å². The number of nitrogens with zero attached hydrogens (tertiary/aromatic N) is 3. The van der Waals surface area contributed by atoms with Gasteiger partial charge in [-0.3, -0.25) is 14.8 Å². The van der Waals surface area contributed by atoms with Crippen molar-refractivity contribution < 1.29 is 4.79 Å². The summed E-state index contributed by atoms with van der Waals surface area (Å²) in [4.78, 5) is 14.7. The van der Waals surface area contributed by atoms with Crippen molar-refractivity contribution in [2.45, 2.75) is 38.5 Å². The van der Waals surface area contributed by atoms with Crippen molar-refractivity contribution in [1.82, 2.24) is 10.2 Å². The minimum atomic E-state index is -0.443. The third kappa shape index (κ3) is 2.97. The first-order valence-corrected chi connectivity index (χ1v) is 10.4. The third-order valence-corrected chi connectivity index (χ3v) is 6.33. The Morgan fingerprint density at radius 2 is 2.14 bits per heavy atom. The highest BCUT2D eigenvalue weighted by molar-refractivity contribution is 7.73. The fourth-order valence-corrected chi connectivity index (χ4v) is 4.82. The van der Waals surface area contributed by atoms with Gasteiger partial charge in [0.25, 0.3) is 0 Å². The summed E-state index contributed by atoms with van der Waals surface area (Å²) in [5.41, 5.74) is 10.4. The Kier molecular flexibility index (Phi) is 4.87. The monoisotopic (exact) mass is 409 g/mol. The van der Waals surface area contributed by atoms with E-state index in [4.69, 9.17) is 18.0 Å². The molecule has 142 valence electrons. The molecule has 1 aliphatic carbocycles. The predicted molar refractivity (Wildman–Crippen MR) is 111 cm³/mol. The van der Waals surface area contributed by atoms with Gasteiger partial charge in [-0.2, -0.15) is 5.26 Å². The Labute approximate surface area is 172 Å². The average Bonchev–Trinajstić information content (AvgIpc) is 3.13. The number of benzene rings is 1. The molecule has 2 aliphatic rings. The predicted octanol–water partition coefficient (Wildman–Crippen LogP) is 4.07. The van der Waals surface area contributed by atoms with Gasteiger partial charge in [0.2, 0.25) is 5.13 Å². The molecular weight excluding hydrogens is 390 g/mol. The first kappa shape index (κ1) is 18.6. The molecule has 6 nitrogen and oxygen atoms in total. The Bertz CT molecular complexity index is 1100. The fraction of sp³-hybridized carbons (Fsp3) is 0.300. The van der Waals surface area contributed by atoms with E-state index >= 15 is 0 Å². The maximum atomic E-state index is 13.0. The van der Waals surface area contributed by atoms with Gasteiger partial charge >= 0.3 is 0 Å². The van der Waals surface area contributed by atoms with Gasteiger partial charge in [-0.15, -0.1) is 5.10 Å². The van der Waals surface area contributed by atoms with Crippen LogP contribution in [-0.4, -0.2) is 16.0 Å². The number of allylic oxidation sites excluding steroid dienone is 3. The summed E-state index contributed by atoms with van der Waals surface area (Å²) in [7, 11) is 0. The molecule has 8 heteroatoms. The van der Waals surface area contributed by atoms with E-state index in [9.17, 15) is 10.1 Å². The van der Waals surface area contributed by atoms with Gasteiger partial charge in [0.05, 0.1) is 17.6 Å². The molecule has 1 unspecified atom stereocenters. The number of Topliss-reactive ketones (excluding diaryl/α,β-unsaturated/α-hetero) is 1. The van der Waals surface area contributed by atoms with Gasteiger partial charge in [-0.05, 0) is 42.6 Å². The number of nitrogens with one attached hydrogen (secondary N) is 1. The van der Waals surface area contributed by atoms with Crippen LogP contribution in [0.5, 0.6) is 0 Å². The van der Waals surface area contributed by atoms with Gasteiger partial charge in [-0.25, -0.2) is 0 Å². The number of carbonyl (C=O) groups is 1. The standard InChI is InChI=1S/C20H19N5OS2/c1-2-11-6-8-12(9-7-11)16-13(10-21)18(22)25(19-23-24-20(27)28-19)14-4-3-5-15(26)17(14)16/h6-9,16H,2-5,22H2,1H3,(H,24,27). The SMILES string of the molecule is CCc1ccc(C2C(C#N)=C(N)N(c3n[nH]c(=S)s3)C3=C2C(=O)CCC3)cc1. The Balaban J connectivity index is 1.94. The van der Waals surface area contributed by atoms with Crippen molar-refractivity contribution >= 4 is 34.5 Å². The summed E-state index contributed by atoms with van der Waals surface area (Å²) in [5.74, 6) is -0.0599. The quantitative estimate of drug-likeness (QED) is 0.742. The highest BCUT2D eigenvalue weighted by Crippen LogP contribution is 2.46. The lowest BCUT2D eigenvalue weighted by Crippen LogP contribution is -2.38.